The van der Waals surface area contributed by atoms with Gasteiger partial charge in [-0.1, -0.05) is 36.4 Å². The van der Waals surface area contributed by atoms with E-state index in [9.17, 15) is 0 Å². The summed E-state index contributed by atoms with van der Waals surface area (Å²) in [7, 11) is 1.95. The second kappa shape index (κ2) is 4.71. The maximum absolute atomic E-state index is 4.36. The van der Waals surface area contributed by atoms with Crippen molar-refractivity contribution in [3.63, 3.8) is 0 Å². The van der Waals surface area contributed by atoms with Gasteiger partial charge in [0.05, 0.1) is 11.7 Å². The third-order valence-corrected chi connectivity index (χ3v) is 2.41. The zero-order valence-electron chi connectivity index (χ0n) is 8.72. The van der Waals surface area contributed by atoms with Gasteiger partial charge >= 0.3 is 0 Å². The first-order chi connectivity index (χ1) is 7.42. The first-order valence-corrected chi connectivity index (χ1v) is 5.05. The number of pyridine rings is 1. The fourth-order valence-corrected chi connectivity index (χ4v) is 1.68. The third kappa shape index (κ3) is 2.22. The van der Waals surface area contributed by atoms with Crippen molar-refractivity contribution in [3.8, 4) is 0 Å². The van der Waals surface area contributed by atoms with E-state index in [2.05, 4.69) is 22.4 Å². The maximum Gasteiger partial charge on any atom is 0.0748 e. The normalized spacial score (nSPS) is 12.3. The van der Waals surface area contributed by atoms with Crippen molar-refractivity contribution in [1.29, 1.82) is 0 Å². The zero-order chi connectivity index (χ0) is 10.5. The van der Waals surface area contributed by atoms with Crippen LogP contribution in [0.2, 0.25) is 0 Å². The van der Waals surface area contributed by atoms with Crippen molar-refractivity contribution >= 4 is 0 Å². The summed E-state index contributed by atoms with van der Waals surface area (Å²) >= 11 is 0. The van der Waals surface area contributed by atoms with Crippen molar-refractivity contribution in [2.24, 2.45) is 0 Å². The van der Waals surface area contributed by atoms with E-state index in [4.69, 9.17) is 0 Å². The van der Waals surface area contributed by atoms with Gasteiger partial charge in [0.2, 0.25) is 0 Å². The first kappa shape index (κ1) is 9.87. The quantitative estimate of drug-likeness (QED) is 0.819. The summed E-state index contributed by atoms with van der Waals surface area (Å²) < 4.78 is 0. The minimum Gasteiger partial charge on any atom is -0.308 e. The van der Waals surface area contributed by atoms with Gasteiger partial charge in [-0.2, -0.15) is 0 Å². The summed E-state index contributed by atoms with van der Waals surface area (Å²) in [6, 6.07) is 16.5. The Balaban J connectivity index is 2.34. The van der Waals surface area contributed by atoms with E-state index >= 15 is 0 Å². The van der Waals surface area contributed by atoms with Gasteiger partial charge in [0.25, 0.3) is 0 Å². The summed E-state index contributed by atoms with van der Waals surface area (Å²) in [6.07, 6.45) is 1.82. The zero-order valence-corrected chi connectivity index (χ0v) is 8.72. The van der Waals surface area contributed by atoms with Gasteiger partial charge < -0.3 is 5.32 Å². The molecule has 2 aromatic rings. The Morgan fingerprint density at radius 2 is 1.73 bits per heavy atom. The van der Waals surface area contributed by atoms with Crippen molar-refractivity contribution in [2.45, 2.75) is 6.04 Å². The molecule has 0 saturated heterocycles. The number of rotatable bonds is 3. The molecule has 1 aromatic carbocycles. The topological polar surface area (TPSA) is 24.9 Å². The van der Waals surface area contributed by atoms with Crippen LogP contribution in [-0.4, -0.2) is 12.0 Å². The molecule has 0 saturated carbocycles. The largest absolute Gasteiger partial charge is 0.308 e. The lowest BCUT2D eigenvalue weighted by Gasteiger charge is -2.15. The molecule has 76 valence electrons. The number of aromatic nitrogens is 1. The van der Waals surface area contributed by atoms with E-state index in [0.29, 0.717) is 0 Å². The van der Waals surface area contributed by atoms with Crippen molar-refractivity contribution in [2.75, 3.05) is 7.05 Å². The monoisotopic (exact) mass is 198 g/mol. The Morgan fingerprint density at radius 1 is 1.00 bits per heavy atom. The highest BCUT2D eigenvalue weighted by Gasteiger charge is 2.11. The number of nitrogens with zero attached hydrogens (tertiary/aromatic N) is 1. The van der Waals surface area contributed by atoms with Gasteiger partial charge in [-0.05, 0) is 24.7 Å². The molecular formula is C13H14N2. The highest BCUT2D eigenvalue weighted by Crippen LogP contribution is 2.18. The van der Waals surface area contributed by atoms with Crippen LogP contribution >= 0.6 is 0 Å². The molecule has 1 aromatic heterocycles. The van der Waals surface area contributed by atoms with Crippen LogP contribution in [0.5, 0.6) is 0 Å². The van der Waals surface area contributed by atoms with Gasteiger partial charge in [-0.25, -0.2) is 0 Å². The molecule has 0 amide bonds. The van der Waals surface area contributed by atoms with Crippen molar-refractivity contribution in [1.82, 2.24) is 10.3 Å². The van der Waals surface area contributed by atoms with Crippen LogP contribution in [0.3, 0.4) is 0 Å². The lowest BCUT2D eigenvalue weighted by molar-refractivity contribution is 0.671. The SMILES string of the molecule is CNC(c1ccccc1)c1ccccn1. The van der Waals surface area contributed by atoms with Crippen LogP contribution < -0.4 is 5.32 Å². The summed E-state index contributed by atoms with van der Waals surface area (Å²) in [5.41, 5.74) is 2.28. The average molecular weight is 198 g/mol. The number of hydrogen-bond donors (Lipinski definition) is 1. The second-order valence-electron chi connectivity index (χ2n) is 3.39. The molecule has 0 aliphatic rings. The predicted octanol–water partition coefficient (Wildman–Crippen LogP) is 2.39. The molecule has 0 radical (unpaired) electrons. The molecule has 0 aliphatic heterocycles. The summed E-state index contributed by atoms with van der Waals surface area (Å²) in [4.78, 5) is 4.36. The van der Waals surface area contributed by atoms with E-state index in [-0.39, 0.29) is 6.04 Å². The molecule has 0 bridgehead atoms. The molecule has 2 nitrogen and oxygen atoms in total. The minimum absolute atomic E-state index is 0.174. The second-order valence-corrected chi connectivity index (χ2v) is 3.39. The molecular weight excluding hydrogens is 184 g/mol. The van der Waals surface area contributed by atoms with Crippen LogP contribution in [0.15, 0.2) is 54.7 Å². The van der Waals surface area contributed by atoms with Gasteiger partial charge in [-0.15, -0.1) is 0 Å². The summed E-state index contributed by atoms with van der Waals surface area (Å²) in [5, 5.41) is 3.27. The van der Waals surface area contributed by atoms with E-state index in [0.717, 1.165) is 5.69 Å². The first-order valence-electron chi connectivity index (χ1n) is 5.05. The smallest absolute Gasteiger partial charge is 0.0748 e. The standard InChI is InChI=1S/C13H14N2/c1-14-13(11-7-3-2-4-8-11)12-9-5-6-10-15-12/h2-10,13-14H,1H3. The van der Waals surface area contributed by atoms with Gasteiger partial charge in [0, 0.05) is 6.20 Å². The molecule has 1 heterocycles. The van der Waals surface area contributed by atoms with Crippen LogP contribution in [0.4, 0.5) is 0 Å². The highest BCUT2D eigenvalue weighted by molar-refractivity contribution is 5.27. The number of hydrogen-bond acceptors (Lipinski definition) is 2. The molecule has 0 spiro atoms. The number of nitrogens with one attached hydrogen (secondary N) is 1. The molecule has 1 N–H and O–H groups in total. The van der Waals surface area contributed by atoms with Crippen LogP contribution in [-0.2, 0) is 0 Å². The van der Waals surface area contributed by atoms with E-state index in [1.54, 1.807) is 0 Å². The Morgan fingerprint density at radius 3 is 2.33 bits per heavy atom. The molecule has 0 aliphatic carbocycles. The van der Waals surface area contributed by atoms with E-state index < -0.39 is 0 Å². The maximum atomic E-state index is 4.36. The van der Waals surface area contributed by atoms with Crippen LogP contribution in [0, 0.1) is 0 Å². The lowest BCUT2D eigenvalue weighted by atomic mass is 10.0. The number of benzene rings is 1. The van der Waals surface area contributed by atoms with E-state index in [1.165, 1.54) is 5.56 Å². The Labute approximate surface area is 90.0 Å². The van der Waals surface area contributed by atoms with Gasteiger partial charge in [-0.3, -0.25) is 4.98 Å². The fourth-order valence-electron chi connectivity index (χ4n) is 1.68. The molecule has 2 rings (SSSR count). The predicted molar refractivity (Wildman–Crippen MR) is 61.6 cm³/mol. The summed E-state index contributed by atoms with van der Waals surface area (Å²) in [6.45, 7) is 0. The fraction of sp³-hybridized carbons (Fsp3) is 0.154. The van der Waals surface area contributed by atoms with Crippen molar-refractivity contribution in [3.05, 3.63) is 66.0 Å². The van der Waals surface area contributed by atoms with Gasteiger partial charge in [0.1, 0.15) is 0 Å². The Hall–Kier alpha value is -1.67. The average Bonchev–Trinajstić information content (AvgIpc) is 2.33. The van der Waals surface area contributed by atoms with Gasteiger partial charge in [0.15, 0.2) is 0 Å². The third-order valence-electron chi connectivity index (χ3n) is 2.41. The molecule has 15 heavy (non-hydrogen) atoms. The van der Waals surface area contributed by atoms with Crippen molar-refractivity contribution < 1.29 is 0 Å². The Bertz CT molecular complexity index is 358. The molecule has 1 unspecified atom stereocenters. The van der Waals surface area contributed by atoms with E-state index in [1.807, 2.05) is 49.6 Å². The highest BCUT2D eigenvalue weighted by atomic mass is 14.9. The minimum atomic E-state index is 0.174. The van der Waals surface area contributed by atoms with Crippen LogP contribution in [0.1, 0.15) is 17.3 Å². The summed E-state index contributed by atoms with van der Waals surface area (Å²) in [5.74, 6) is 0. The molecule has 2 heteroatoms. The lowest BCUT2D eigenvalue weighted by Crippen LogP contribution is -2.18. The Kier molecular flexibility index (Phi) is 3.10. The molecule has 1 atom stereocenters. The molecule has 0 fully saturated rings. The van der Waals surface area contributed by atoms with Crippen LogP contribution in [0.25, 0.3) is 0 Å².